The number of nitrogens with one attached hydrogen (secondary N) is 2. The Morgan fingerprint density at radius 3 is 2.53 bits per heavy atom. The van der Waals surface area contributed by atoms with Gasteiger partial charge in [-0.05, 0) is 47.9 Å². The molecule has 0 spiro atoms. The number of Topliss-reactive ketones (excluding diaryl/α,β-unsaturated/α-hetero) is 1. The van der Waals surface area contributed by atoms with Gasteiger partial charge >= 0.3 is 0 Å². The molecular weight excluding hydrogens is 432 g/mol. The molecule has 1 heterocycles. The Bertz CT molecular complexity index is 1380. The van der Waals surface area contributed by atoms with E-state index in [9.17, 15) is 19.5 Å². The molecule has 1 aliphatic heterocycles. The van der Waals surface area contributed by atoms with Gasteiger partial charge in [-0.3, -0.25) is 14.4 Å². The zero-order valence-electron chi connectivity index (χ0n) is 18.6. The fraction of sp³-hybridized carbons (Fsp3) is 0.115. The number of anilines is 2. The lowest BCUT2D eigenvalue weighted by atomic mass is 9.90. The molecule has 0 aliphatic carbocycles. The van der Waals surface area contributed by atoms with E-state index in [1.54, 1.807) is 36.4 Å². The molecule has 1 aliphatic rings. The molecule has 3 aromatic carbocycles. The number of carbonyl (C=O) groups excluding carboxylic acids is 3. The average molecular weight is 457 g/mol. The minimum Gasteiger partial charge on any atom is -0.506 e. The number of rotatable bonds is 7. The van der Waals surface area contributed by atoms with Crippen LogP contribution in [0, 0.1) is 6.92 Å². The summed E-state index contributed by atoms with van der Waals surface area (Å²) >= 11 is 0. The maximum atomic E-state index is 13.4. The third-order valence-corrected chi connectivity index (χ3v) is 5.74. The van der Waals surface area contributed by atoms with Crippen molar-refractivity contribution in [1.82, 2.24) is 5.32 Å². The molecule has 0 saturated heterocycles. The van der Waals surface area contributed by atoms with E-state index >= 15 is 0 Å². The number of primary amides is 1. The highest BCUT2D eigenvalue weighted by atomic mass is 16.3. The maximum Gasteiger partial charge on any atom is 0.257 e. The highest BCUT2D eigenvalue weighted by molar-refractivity contribution is 6.17. The SMILES string of the molecule is C=C1NC(=O)c2c1ccc(CN)c2C(=O)Cc1ccc(C(N)=O)c(Nc2ccc(C)cc2O)c1. The fourth-order valence-corrected chi connectivity index (χ4v) is 4.07. The summed E-state index contributed by atoms with van der Waals surface area (Å²) in [6, 6.07) is 13.3. The van der Waals surface area contributed by atoms with Crippen LogP contribution in [0.5, 0.6) is 5.75 Å². The first-order valence-corrected chi connectivity index (χ1v) is 10.6. The minimum absolute atomic E-state index is 0.00979. The van der Waals surface area contributed by atoms with Crippen LogP contribution in [0.3, 0.4) is 0 Å². The van der Waals surface area contributed by atoms with Crippen LogP contribution in [0.4, 0.5) is 11.4 Å². The zero-order valence-corrected chi connectivity index (χ0v) is 18.6. The lowest BCUT2D eigenvalue weighted by Crippen LogP contribution is -2.19. The van der Waals surface area contributed by atoms with Gasteiger partial charge < -0.3 is 27.2 Å². The van der Waals surface area contributed by atoms with Crippen molar-refractivity contribution in [2.45, 2.75) is 19.9 Å². The summed E-state index contributed by atoms with van der Waals surface area (Å²) in [5.74, 6) is -1.33. The third-order valence-electron chi connectivity index (χ3n) is 5.74. The number of aromatic hydroxyl groups is 1. The van der Waals surface area contributed by atoms with E-state index in [0.717, 1.165) is 5.56 Å². The number of fused-ring (bicyclic) bond motifs is 1. The first kappa shape index (κ1) is 22.8. The Balaban J connectivity index is 1.71. The number of amides is 2. The molecule has 8 heteroatoms. The molecule has 0 atom stereocenters. The minimum atomic E-state index is -0.659. The van der Waals surface area contributed by atoms with Gasteiger partial charge in [0, 0.05) is 29.8 Å². The highest BCUT2D eigenvalue weighted by Crippen LogP contribution is 2.32. The molecule has 4 rings (SSSR count). The Labute approximate surface area is 196 Å². The standard InChI is InChI=1S/C26H24N4O4/c1-13-3-8-19(21(31)9-13)30-20-10-15(4-6-18(20)25(28)33)11-22(32)23-16(12-27)5-7-17-14(2)29-26(34)24(17)23/h3-10,30-31H,2,11-12,27H2,1H3,(H2,28,33)(H,29,34). The zero-order chi connectivity index (χ0) is 24.6. The van der Waals surface area contributed by atoms with Gasteiger partial charge in [-0.25, -0.2) is 0 Å². The van der Waals surface area contributed by atoms with Crippen molar-refractivity contribution in [2.24, 2.45) is 11.5 Å². The number of benzene rings is 3. The van der Waals surface area contributed by atoms with Crippen molar-refractivity contribution in [1.29, 1.82) is 0 Å². The number of phenols is 1. The van der Waals surface area contributed by atoms with Gasteiger partial charge in [0.25, 0.3) is 11.8 Å². The average Bonchev–Trinajstić information content (AvgIpc) is 3.08. The van der Waals surface area contributed by atoms with E-state index in [2.05, 4.69) is 17.2 Å². The lowest BCUT2D eigenvalue weighted by molar-refractivity contribution is 0.0953. The first-order valence-electron chi connectivity index (χ1n) is 10.6. The van der Waals surface area contributed by atoms with Crippen LogP contribution < -0.4 is 22.1 Å². The van der Waals surface area contributed by atoms with E-state index < -0.39 is 5.91 Å². The number of hydrogen-bond acceptors (Lipinski definition) is 6. The van der Waals surface area contributed by atoms with Crippen LogP contribution in [0.2, 0.25) is 0 Å². The summed E-state index contributed by atoms with van der Waals surface area (Å²) < 4.78 is 0. The summed E-state index contributed by atoms with van der Waals surface area (Å²) in [5, 5.41) is 15.9. The van der Waals surface area contributed by atoms with Crippen LogP contribution in [0.15, 0.2) is 55.1 Å². The molecule has 2 amide bonds. The van der Waals surface area contributed by atoms with E-state index in [-0.39, 0.29) is 47.1 Å². The van der Waals surface area contributed by atoms with Crippen molar-refractivity contribution in [3.05, 3.63) is 94.1 Å². The third kappa shape index (κ3) is 4.14. The first-order chi connectivity index (χ1) is 16.2. The summed E-state index contributed by atoms with van der Waals surface area (Å²) in [5.41, 5.74) is 15.9. The molecule has 8 nitrogen and oxygen atoms in total. The van der Waals surface area contributed by atoms with Gasteiger partial charge in [0.15, 0.2) is 5.78 Å². The number of nitrogens with two attached hydrogens (primary N) is 2. The van der Waals surface area contributed by atoms with Gasteiger partial charge in [-0.1, -0.05) is 30.8 Å². The predicted molar refractivity (Wildman–Crippen MR) is 130 cm³/mol. The van der Waals surface area contributed by atoms with E-state index in [1.165, 1.54) is 6.07 Å². The van der Waals surface area contributed by atoms with E-state index in [1.807, 2.05) is 13.0 Å². The number of ketones is 1. The number of phenolic OH excluding ortho intramolecular Hbond substituents is 1. The highest BCUT2D eigenvalue weighted by Gasteiger charge is 2.30. The second-order valence-electron chi connectivity index (χ2n) is 8.15. The summed E-state index contributed by atoms with van der Waals surface area (Å²) in [6.07, 6.45) is -0.0448. The monoisotopic (exact) mass is 456 g/mol. The predicted octanol–water partition coefficient (Wildman–Crippen LogP) is 3.14. The summed E-state index contributed by atoms with van der Waals surface area (Å²) in [7, 11) is 0. The molecule has 34 heavy (non-hydrogen) atoms. The van der Waals surface area contributed by atoms with Gasteiger partial charge in [0.05, 0.1) is 22.5 Å². The molecule has 0 unspecified atom stereocenters. The molecule has 0 aromatic heterocycles. The summed E-state index contributed by atoms with van der Waals surface area (Å²) in [4.78, 5) is 37.8. The number of hydrogen-bond donors (Lipinski definition) is 5. The Morgan fingerprint density at radius 2 is 1.85 bits per heavy atom. The largest absolute Gasteiger partial charge is 0.506 e. The van der Waals surface area contributed by atoms with E-state index in [0.29, 0.717) is 33.8 Å². The Kier molecular flexibility index (Phi) is 5.91. The van der Waals surface area contributed by atoms with Crippen molar-refractivity contribution < 1.29 is 19.5 Å². The van der Waals surface area contributed by atoms with Gasteiger partial charge in [-0.15, -0.1) is 0 Å². The molecule has 3 aromatic rings. The topological polar surface area (TPSA) is 148 Å². The summed E-state index contributed by atoms with van der Waals surface area (Å²) in [6.45, 7) is 5.76. The van der Waals surface area contributed by atoms with Gasteiger partial charge in [-0.2, -0.15) is 0 Å². The van der Waals surface area contributed by atoms with Crippen LogP contribution in [-0.4, -0.2) is 22.7 Å². The fourth-order valence-electron chi connectivity index (χ4n) is 4.07. The Hall–Kier alpha value is -4.43. The van der Waals surface area contributed by atoms with Crippen molar-refractivity contribution >= 4 is 34.7 Å². The quantitative estimate of drug-likeness (QED) is 0.273. The smallest absolute Gasteiger partial charge is 0.257 e. The normalized spacial score (nSPS) is 12.3. The molecule has 0 bridgehead atoms. The van der Waals surface area contributed by atoms with Gasteiger partial charge in [0.2, 0.25) is 0 Å². The van der Waals surface area contributed by atoms with Crippen molar-refractivity contribution in [3.63, 3.8) is 0 Å². The molecule has 0 radical (unpaired) electrons. The molecular formula is C26H24N4O4. The second kappa shape index (κ2) is 8.84. The number of carbonyl (C=O) groups is 3. The van der Waals surface area contributed by atoms with Crippen molar-refractivity contribution in [3.8, 4) is 5.75 Å². The van der Waals surface area contributed by atoms with Crippen molar-refractivity contribution in [2.75, 3.05) is 5.32 Å². The molecule has 0 saturated carbocycles. The Morgan fingerprint density at radius 1 is 1.09 bits per heavy atom. The van der Waals surface area contributed by atoms with E-state index in [4.69, 9.17) is 11.5 Å². The lowest BCUT2D eigenvalue weighted by Gasteiger charge is -2.15. The van der Waals surface area contributed by atoms with Crippen LogP contribution in [0.25, 0.3) is 5.70 Å². The van der Waals surface area contributed by atoms with Crippen LogP contribution >= 0.6 is 0 Å². The van der Waals surface area contributed by atoms with Crippen LogP contribution in [-0.2, 0) is 13.0 Å². The molecule has 0 fully saturated rings. The van der Waals surface area contributed by atoms with Crippen LogP contribution in [0.1, 0.15) is 53.3 Å². The molecule has 172 valence electrons. The maximum absolute atomic E-state index is 13.4. The number of aryl methyl sites for hydroxylation is 1. The second-order valence-corrected chi connectivity index (χ2v) is 8.15. The van der Waals surface area contributed by atoms with Gasteiger partial charge in [0.1, 0.15) is 5.75 Å². The molecule has 7 N–H and O–H groups in total.